The Bertz CT molecular complexity index is 634. The summed E-state index contributed by atoms with van der Waals surface area (Å²) < 4.78 is 28.0. The van der Waals surface area contributed by atoms with Gasteiger partial charge in [0.25, 0.3) is 0 Å². The van der Waals surface area contributed by atoms with Gasteiger partial charge in [0.05, 0.1) is 11.5 Å². The molecule has 1 saturated heterocycles. The highest BCUT2D eigenvalue weighted by Crippen LogP contribution is 2.20. The van der Waals surface area contributed by atoms with Gasteiger partial charge in [-0.3, -0.25) is 5.32 Å². The van der Waals surface area contributed by atoms with Gasteiger partial charge in [-0.25, -0.2) is 13.2 Å². The molecule has 1 aromatic carbocycles. The Morgan fingerprint density at radius 3 is 2.13 bits per heavy atom. The molecule has 0 spiro atoms. The molecule has 1 aliphatic rings. The number of hydrogen-bond acceptors (Lipinski definition) is 5. The second-order valence-corrected chi connectivity index (χ2v) is 9.08. The van der Waals surface area contributed by atoms with Crippen LogP contribution in [-0.2, 0) is 14.6 Å². The van der Waals surface area contributed by atoms with Gasteiger partial charge in [0.15, 0.2) is 0 Å². The van der Waals surface area contributed by atoms with Crippen molar-refractivity contribution in [3.63, 3.8) is 0 Å². The molecule has 0 bridgehead atoms. The van der Waals surface area contributed by atoms with Crippen molar-refractivity contribution in [3.05, 3.63) is 24.3 Å². The molecule has 2 N–H and O–H groups in total. The Labute approximate surface area is 137 Å². The Kier molecular flexibility index (Phi) is 5.19. The number of ether oxygens (including phenoxy) is 1. The molecule has 0 radical (unpaired) electrons. The van der Waals surface area contributed by atoms with Crippen molar-refractivity contribution in [2.75, 3.05) is 22.1 Å². The third-order valence-electron chi connectivity index (χ3n) is 3.46. The molecule has 1 aliphatic heterocycles. The normalized spacial score (nSPS) is 18.2. The maximum Gasteiger partial charge on any atom is 0.412 e. The van der Waals surface area contributed by atoms with Crippen molar-refractivity contribution in [1.29, 1.82) is 0 Å². The first-order valence-electron chi connectivity index (χ1n) is 7.70. The summed E-state index contributed by atoms with van der Waals surface area (Å²) in [5.41, 5.74) is 1.02. The second-order valence-electron chi connectivity index (χ2n) is 6.77. The van der Waals surface area contributed by atoms with Gasteiger partial charge in [-0.1, -0.05) is 0 Å². The Hall–Kier alpha value is -1.76. The maximum absolute atomic E-state index is 11.7. The summed E-state index contributed by atoms with van der Waals surface area (Å²) in [6, 6.07) is 7.45. The van der Waals surface area contributed by atoms with Crippen LogP contribution in [-0.4, -0.2) is 37.7 Å². The molecule has 0 aliphatic carbocycles. The molecule has 128 valence electrons. The highest BCUT2D eigenvalue weighted by Gasteiger charge is 2.23. The van der Waals surface area contributed by atoms with E-state index < -0.39 is 21.5 Å². The van der Waals surface area contributed by atoms with Crippen molar-refractivity contribution < 1.29 is 17.9 Å². The molecule has 0 aromatic heterocycles. The van der Waals surface area contributed by atoms with E-state index in [0.29, 0.717) is 18.5 Å². The average molecular weight is 340 g/mol. The van der Waals surface area contributed by atoms with Gasteiger partial charge in [-0.15, -0.1) is 0 Å². The van der Waals surface area contributed by atoms with Gasteiger partial charge >= 0.3 is 6.09 Å². The zero-order valence-electron chi connectivity index (χ0n) is 13.8. The van der Waals surface area contributed by atoms with Gasteiger partial charge < -0.3 is 10.1 Å². The molecule has 0 saturated carbocycles. The minimum absolute atomic E-state index is 0.170. The summed E-state index contributed by atoms with van der Waals surface area (Å²) in [7, 11) is -2.84. The Balaban J connectivity index is 1.86. The van der Waals surface area contributed by atoms with E-state index in [1.807, 2.05) is 32.9 Å². The summed E-state index contributed by atoms with van der Waals surface area (Å²) in [4.78, 5) is 11.7. The minimum Gasteiger partial charge on any atom is -0.444 e. The molecular weight excluding hydrogens is 316 g/mol. The monoisotopic (exact) mass is 340 g/mol. The lowest BCUT2D eigenvalue weighted by Gasteiger charge is -2.24. The summed E-state index contributed by atoms with van der Waals surface area (Å²) in [5.74, 6) is 0.478. The van der Waals surface area contributed by atoms with E-state index in [1.165, 1.54) is 0 Å². The average Bonchev–Trinajstić information content (AvgIpc) is 2.41. The van der Waals surface area contributed by atoms with Crippen LogP contribution in [0.2, 0.25) is 0 Å². The van der Waals surface area contributed by atoms with Crippen molar-refractivity contribution in [2.24, 2.45) is 0 Å². The van der Waals surface area contributed by atoms with Gasteiger partial charge in [-0.2, -0.15) is 0 Å². The van der Waals surface area contributed by atoms with Crippen LogP contribution in [0.4, 0.5) is 16.2 Å². The van der Waals surface area contributed by atoms with Crippen LogP contribution in [0.3, 0.4) is 0 Å². The van der Waals surface area contributed by atoms with E-state index in [9.17, 15) is 13.2 Å². The van der Waals surface area contributed by atoms with E-state index in [4.69, 9.17) is 4.74 Å². The quantitative estimate of drug-likeness (QED) is 0.883. The minimum atomic E-state index is -2.84. The number of sulfone groups is 1. The number of anilines is 2. The third kappa shape index (κ3) is 6.09. The third-order valence-corrected chi connectivity index (χ3v) is 5.17. The number of benzene rings is 1. The van der Waals surface area contributed by atoms with Crippen LogP contribution in [0.15, 0.2) is 24.3 Å². The smallest absolute Gasteiger partial charge is 0.412 e. The fourth-order valence-corrected chi connectivity index (χ4v) is 3.83. The molecule has 1 heterocycles. The molecule has 7 heteroatoms. The van der Waals surface area contributed by atoms with E-state index >= 15 is 0 Å². The number of carbonyl (C=O) groups excluding carboxylic acids is 1. The Morgan fingerprint density at radius 2 is 1.61 bits per heavy atom. The summed E-state index contributed by atoms with van der Waals surface area (Å²) in [5, 5.41) is 6.00. The fourth-order valence-electron chi connectivity index (χ4n) is 2.34. The summed E-state index contributed by atoms with van der Waals surface area (Å²) in [6.45, 7) is 5.43. The first-order valence-corrected chi connectivity index (χ1v) is 9.52. The standard InChI is InChI=1S/C16H24N2O4S/c1-16(2,3)22-15(19)18-13-6-4-12(5-7-13)17-14-8-10-23(20,21)11-9-14/h4-7,14,17H,8-11H2,1-3H3,(H,18,19). The number of amides is 1. The highest BCUT2D eigenvalue weighted by atomic mass is 32.2. The zero-order valence-corrected chi connectivity index (χ0v) is 14.6. The zero-order chi connectivity index (χ0) is 17.1. The van der Waals surface area contributed by atoms with Crippen molar-refractivity contribution >= 4 is 27.3 Å². The van der Waals surface area contributed by atoms with Crippen LogP contribution in [0, 0.1) is 0 Å². The molecule has 2 rings (SSSR count). The fraction of sp³-hybridized carbons (Fsp3) is 0.562. The van der Waals surface area contributed by atoms with Crippen LogP contribution in [0.5, 0.6) is 0 Å². The molecule has 0 atom stereocenters. The van der Waals surface area contributed by atoms with Gasteiger partial charge in [-0.05, 0) is 57.9 Å². The van der Waals surface area contributed by atoms with E-state index in [0.717, 1.165) is 5.69 Å². The van der Waals surface area contributed by atoms with Gasteiger partial charge in [0.2, 0.25) is 0 Å². The highest BCUT2D eigenvalue weighted by molar-refractivity contribution is 7.91. The van der Waals surface area contributed by atoms with Crippen LogP contribution in [0.25, 0.3) is 0 Å². The number of carbonyl (C=O) groups is 1. The van der Waals surface area contributed by atoms with Crippen LogP contribution in [0.1, 0.15) is 33.6 Å². The number of nitrogens with one attached hydrogen (secondary N) is 2. The first kappa shape index (κ1) is 17.6. The largest absolute Gasteiger partial charge is 0.444 e. The van der Waals surface area contributed by atoms with Crippen LogP contribution >= 0.6 is 0 Å². The van der Waals surface area contributed by atoms with E-state index in [-0.39, 0.29) is 17.5 Å². The van der Waals surface area contributed by atoms with Crippen molar-refractivity contribution in [2.45, 2.75) is 45.3 Å². The molecular formula is C16H24N2O4S. The maximum atomic E-state index is 11.7. The molecule has 0 unspecified atom stereocenters. The number of rotatable bonds is 3. The lowest BCUT2D eigenvalue weighted by atomic mass is 10.1. The van der Waals surface area contributed by atoms with E-state index in [2.05, 4.69) is 10.6 Å². The topological polar surface area (TPSA) is 84.5 Å². The molecule has 6 nitrogen and oxygen atoms in total. The van der Waals surface area contributed by atoms with E-state index in [1.54, 1.807) is 12.1 Å². The lowest BCUT2D eigenvalue weighted by molar-refractivity contribution is 0.0636. The molecule has 1 aromatic rings. The first-order chi connectivity index (χ1) is 10.6. The SMILES string of the molecule is CC(C)(C)OC(=O)Nc1ccc(NC2CCS(=O)(=O)CC2)cc1. The number of hydrogen-bond donors (Lipinski definition) is 2. The summed E-state index contributed by atoms with van der Waals surface area (Å²) in [6.07, 6.45) is 0.760. The second kappa shape index (κ2) is 6.78. The molecule has 23 heavy (non-hydrogen) atoms. The Morgan fingerprint density at radius 1 is 1.09 bits per heavy atom. The summed E-state index contributed by atoms with van der Waals surface area (Å²) >= 11 is 0. The van der Waals surface area contributed by atoms with Crippen LogP contribution < -0.4 is 10.6 Å². The molecule has 1 amide bonds. The molecule has 1 fully saturated rings. The predicted molar refractivity (Wildman–Crippen MR) is 91.6 cm³/mol. The van der Waals surface area contributed by atoms with Gasteiger partial charge in [0, 0.05) is 17.4 Å². The predicted octanol–water partition coefficient (Wildman–Crippen LogP) is 3.02. The lowest BCUT2D eigenvalue weighted by Crippen LogP contribution is -2.32. The van der Waals surface area contributed by atoms with Gasteiger partial charge in [0.1, 0.15) is 15.4 Å². The van der Waals surface area contributed by atoms with Crippen molar-refractivity contribution in [3.8, 4) is 0 Å². The van der Waals surface area contributed by atoms with Crippen molar-refractivity contribution in [1.82, 2.24) is 0 Å².